The Kier molecular flexibility index (Phi) is 4.09. The van der Waals surface area contributed by atoms with E-state index in [9.17, 15) is 0 Å². The maximum absolute atomic E-state index is 3.41. The Morgan fingerprint density at radius 2 is 2.42 bits per heavy atom. The standard InChI is InChI=1S/C11H19N.H2/c1-3-10(2)6-7-11-5-4-8-12-9-11;/h3,6-7,11-12H,4-5,8-9H2,1-2H3;1H/b7-6+,10-3+;. The molecule has 1 fully saturated rings. The van der Waals surface area contributed by atoms with Crippen LogP contribution in [0.2, 0.25) is 0 Å². The van der Waals surface area contributed by atoms with E-state index >= 15 is 0 Å². The number of piperidine rings is 1. The minimum absolute atomic E-state index is 0. The Labute approximate surface area is 77.0 Å². The van der Waals surface area contributed by atoms with E-state index in [1.54, 1.807) is 0 Å². The zero-order valence-electron chi connectivity index (χ0n) is 8.14. The van der Waals surface area contributed by atoms with Crippen LogP contribution in [0, 0.1) is 5.92 Å². The van der Waals surface area contributed by atoms with Crippen LogP contribution in [0.1, 0.15) is 28.1 Å². The van der Waals surface area contributed by atoms with Crippen molar-refractivity contribution in [3.8, 4) is 0 Å². The molecule has 1 unspecified atom stereocenters. The third-order valence-electron chi connectivity index (χ3n) is 2.42. The summed E-state index contributed by atoms with van der Waals surface area (Å²) < 4.78 is 0. The number of allylic oxidation sites excluding steroid dienone is 3. The average molecular weight is 167 g/mol. The van der Waals surface area contributed by atoms with Gasteiger partial charge in [-0.3, -0.25) is 0 Å². The summed E-state index contributed by atoms with van der Waals surface area (Å²) in [6, 6.07) is 0. The molecule has 70 valence electrons. The monoisotopic (exact) mass is 167 g/mol. The second-order valence-corrected chi connectivity index (χ2v) is 3.50. The van der Waals surface area contributed by atoms with Gasteiger partial charge in [0.25, 0.3) is 0 Å². The smallest absolute Gasteiger partial charge is 0.00143 e. The van der Waals surface area contributed by atoms with Crippen LogP contribution < -0.4 is 5.32 Å². The molecule has 0 aromatic heterocycles. The fourth-order valence-electron chi connectivity index (χ4n) is 1.43. The highest BCUT2D eigenvalue weighted by atomic mass is 14.9. The minimum Gasteiger partial charge on any atom is -0.316 e. The average Bonchev–Trinajstić information content (AvgIpc) is 2.16. The predicted molar refractivity (Wildman–Crippen MR) is 56.3 cm³/mol. The van der Waals surface area contributed by atoms with Gasteiger partial charge in [-0.05, 0) is 39.2 Å². The van der Waals surface area contributed by atoms with Crippen molar-refractivity contribution in [3.63, 3.8) is 0 Å². The van der Waals surface area contributed by atoms with Crippen molar-refractivity contribution in [2.75, 3.05) is 13.1 Å². The van der Waals surface area contributed by atoms with Gasteiger partial charge in [0.05, 0.1) is 0 Å². The molecule has 0 aromatic carbocycles. The van der Waals surface area contributed by atoms with Crippen molar-refractivity contribution in [3.05, 3.63) is 23.8 Å². The first-order valence-electron chi connectivity index (χ1n) is 4.84. The van der Waals surface area contributed by atoms with Crippen molar-refractivity contribution in [1.29, 1.82) is 0 Å². The van der Waals surface area contributed by atoms with Crippen molar-refractivity contribution in [1.82, 2.24) is 5.32 Å². The Morgan fingerprint density at radius 1 is 1.58 bits per heavy atom. The Bertz CT molecular complexity index is 179. The molecule has 1 heteroatoms. The molecule has 0 aliphatic carbocycles. The number of rotatable bonds is 2. The van der Waals surface area contributed by atoms with Crippen LogP contribution in [-0.2, 0) is 0 Å². The summed E-state index contributed by atoms with van der Waals surface area (Å²) in [7, 11) is 0. The summed E-state index contributed by atoms with van der Waals surface area (Å²) in [6.07, 6.45) is 9.39. The molecule has 0 spiro atoms. The summed E-state index contributed by atoms with van der Waals surface area (Å²) >= 11 is 0. The highest BCUT2D eigenvalue weighted by Crippen LogP contribution is 2.12. The summed E-state index contributed by atoms with van der Waals surface area (Å²) in [5.41, 5.74) is 1.36. The van der Waals surface area contributed by atoms with E-state index in [4.69, 9.17) is 0 Å². The van der Waals surface area contributed by atoms with Crippen molar-refractivity contribution >= 4 is 0 Å². The first kappa shape index (κ1) is 9.53. The molecule has 1 saturated heterocycles. The van der Waals surface area contributed by atoms with Gasteiger partial charge < -0.3 is 5.32 Å². The fourth-order valence-corrected chi connectivity index (χ4v) is 1.43. The molecule has 0 amide bonds. The van der Waals surface area contributed by atoms with E-state index < -0.39 is 0 Å². The zero-order valence-corrected chi connectivity index (χ0v) is 8.14. The molecule has 1 rings (SSSR count). The predicted octanol–water partition coefficient (Wildman–Crippen LogP) is 2.75. The Balaban J connectivity index is 0.00000144. The lowest BCUT2D eigenvalue weighted by atomic mass is 9.98. The molecule has 1 nitrogen and oxygen atoms in total. The quantitative estimate of drug-likeness (QED) is 0.624. The summed E-state index contributed by atoms with van der Waals surface area (Å²) in [5, 5.41) is 3.41. The molecule has 1 atom stereocenters. The van der Waals surface area contributed by atoms with Gasteiger partial charge >= 0.3 is 0 Å². The van der Waals surface area contributed by atoms with E-state index in [0.29, 0.717) is 0 Å². The van der Waals surface area contributed by atoms with Crippen molar-refractivity contribution in [2.45, 2.75) is 26.7 Å². The van der Waals surface area contributed by atoms with Crippen LogP contribution in [0.3, 0.4) is 0 Å². The maximum atomic E-state index is 3.41. The SMILES string of the molecule is C/C=C(C)/C=C/C1CCCNC1.[HH]. The maximum Gasteiger partial charge on any atom is 0.00143 e. The van der Waals surface area contributed by atoms with E-state index in [1.165, 1.54) is 25.0 Å². The molecule has 1 aliphatic heterocycles. The lowest BCUT2D eigenvalue weighted by Crippen LogP contribution is -2.28. The van der Waals surface area contributed by atoms with Gasteiger partial charge in [0.1, 0.15) is 0 Å². The molecule has 0 radical (unpaired) electrons. The first-order chi connectivity index (χ1) is 5.83. The second-order valence-electron chi connectivity index (χ2n) is 3.50. The molecule has 0 saturated carbocycles. The molecule has 0 bridgehead atoms. The minimum atomic E-state index is 0. The lowest BCUT2D eigenvalue weighted by molar-refractivity contribution is 0.438. The van der Waals surface area contributed by atoms with Gasteiger partial charge in [0, 0.05) is 7.97 Å². The second kappa shape index (κ2) is 5.15. The molecular formula is C11H21N. The van der Waals surface area contributed by atoms with Gasteiger partial charge in [-0.25, -0.2) is 0 Å². The Hall–Kier alpha value is -0.560. The van der Waals surface area contributed by atoms with Gasteiger partial charge in [-0.2, -0.15) is 0 Å². The molecule has 0 aromatic rings. The fraction of sp³-hybridized carbons (Fsp3) is 0.636. The zero-order chi connectivity index (χ0) is 8.81. The normalized spacial score (nSPS) is 26.5. The van der Waals surface area contributed by atoms with Crippen LogP contribution in [0.5, 0.6) is 0 Å². The topological polar surface area (TPSA) is 12.0 Å². The van der Waals surface area contributed by atoms with Crippen LogP contribution in [0.15, 0.2) is 23.8 Å². The third kappa shape index (κ3) is 3.22. The summed E-state index contributed by atoms with van der Waals surface area (Å²) in [5.74, 6) is 0.758. The van der Waals surface area contributed by atoms with Crippen LogP contribution >= 0.6 is 0 Å². The van der Waals surface area contributed by atoms with E-state index in [2.05, 4.69) is 37.4 Å². The van der Waals surface area contributed by atoms with E-state index in [0.717, 1.165) is 12.5 Å². The molecule has 1 aliphatic rings. The lowest BCUT2D eigenvalue weighted by Gasteiger charge is -2.19. The van der Waals surface area contributed by atoms with Crippen LogP contribution in [0.4, 0.5) is 0 Å². The summed E-state index contributed by atoms with van der Waals surface area (Å²) in [4.78, 5) is 0. The highest BCUT2D eigenvalue weighted by Gasteiger charge is 2.08. The number of nitrogens with one attached hydrogen (secondary N) is 1. The van der Waals surface area contributed by atoms with Crippen molar-refractivity contribution in [2.24, 2.45) is 5.92 Å². The number of hydrogen-bond donors (Lipinski definition) is 1. The molecule has 12 heavy (non-hydrogen) atoms. The van der Waals surface area contributed by atoms with Gasteiger partial charge in [0.15, 0.2) is 0 Å². The Morgan fingerprint density at radius 3 is 3.00 bits per heavy atom. The van der Waals surface area contributed by atoms with E-state index in [-0.39, 0.29) is 1.43 Å². The largest absolute Gasteiger partial charge is 0.316 e. The highest BCUT2D eigenvalue weighted by molar-refractivity contribution is 5.15. The van der Waals surface area contributed by atoms with Gasteiger partial charge in [-0.15, -0.1) is 0 Å². The molecular weight excluding hydrogens is 146 g/mol. The van der Waals surface area contributed by atoms with Gasteiger partial charge in [0.2, 0.25) is 0 Å². The molecule has 1 heterocycles. The third-order valence-corrected chi connectivity index (χ3v) is 2.42. The van der Waals surface area contributed by atoms with Gasteiger partial charge in [-0.1, -0.05) is 23.8 Å². The van der Waals surface area contributed by atoms with E-state index in [1.807, 2.05) is 0 Å². The van der Waals surface area contributed by atoms with Crippen LogP contribution in [-0.4, -0.2) is 13.1 Å². The van der Waals surface area contributed by atoms with Crippen LogP contribution in [0.25, 0.3) is 0 Å². The molecule has 1 N–H and O–H groups in total. The first-order valence-corrected chi connectivity index (χ1v) is 4.84. The summed E-state index contributed by atoms with van der Waals surface area (Å²) in [6.45, 7) is 6.59. The van der Waals surface area contributed by atoms with Crippen molar-refractivity contribution < 1.29 is 1.43 Å². The number of hydrogen-bond acceptors (Lipinski definition) is 1.